The summed E-state index contributed by atoms with van der Waals surface area (Å²) in [5.74, 6) is 0. The second-order valence-electron chi connectivity index (χ2n) is 18.0. The minimum Gasteiger partial charge on any atom is -0.341 e. The van der Waals surface area contributed by atoms with Crippen LogP contribution in [0.2, 0.25) is 0 Å². The molecule has 0 amide bonds. The van der Waals surface area contributed by atoms with Crippen molar-refractivity contribution in [1.29, 1.82) is 0 Å². The molecule has 63 heavy (non-hydrogen) atoms. The molecule has 302 valence electrons. The van der Waals surface area contributed by atoms with Crippen LogP contribution in [0.25, 0.3) is 45.2 Å². The third-order valence-electron chi connectivity index (χ3n) is 14.6. The van der Waals surface area contributed by atoms with Gasteiger partial charge in [0, 0.05) is 34.4 Å². The summed E-state index contributed by atoms with van der Waals surface area (Å²) in [5.41, 5.74) is 22.2. The fraction of sp³-hybridized carbons (Fsp3) is 0.115. The van der Waals surface area contributed by atoms with Crippen molar-refractivity contribution in [3.63, 3.8) is 0 Å². The molecule has 0 fully saturated rings. The Morgan fingerprint density at radius 3 is 1.89 bits per heavy atom. The lowest BCUT2D eigenvalue weighted by Crippen LogP contribution is -2.33. The number of allylic oxidation sites excluding steroid dienone is 3. The maximum atomic E-state index is 4.32. The van der Waals surface area contributed by atoms with E-state index in [9.17, 15) is 0 Å². The van der Waals surface area contributed by atoms with Crippen molar-refractivity contribution in [2.45, 2.75) is 37.5 Å². The Morgan fingerprint density at radius 1 is 0.508 bits per heavy atom. The molecule has 2 aliphatic heterocycles. The molecule has 0 N–H and O–H groups in total. The van der Waals surface area contributed by atoms with Gasteiger partial charge in [0.15, 0.2) is 0 Å². The molecule has 2 aliphatic carbocycles. The SMILES string of the molecule is C=CC1=C(C=C)C(C)(C)c2ccccc2N1c1cccc2c(/C=C/c3ccc4c(c3)C3(c5ccccc5-c5ccccc53)c3cc(N5CCCc6ccccc65)ccc3-4)cccc12. The Hall–Kier alpha value is -7.42. The molecule has 0 aromatic heterocycles. The number of hydrogen-bond donors (Lipinski definition) is 0. The van der Waals surface area contributed by atoms with E-state index in [4.69, 9.17) is 0 Å². The third-order valence-corrected chi connectivity index (χ3v) is 14.6. The number of aryl methyl sites for hydroxylation is 1. The molecule has 2 nitrogen and oxygen atoms in total. The van der Waals surface area contributed by atoms with E-state index < -0.39 is 5.41 Å². The molecule has 0 bridgehead atoms. The lowest BCUT2D eigenvalue weighted by atomic mass is 9.70. The van der Waals surface area contributed by atoms with E-state index in [1.165, 1.54) is 100 Å². The highest BCUT2D eigenvalue weighted by atomic mass is 15.2. The van der Waals surface area contributed by atoms with Crippen LogP contribution >= 0.6 is 0 Å². The van der Waals surface area contributed by atoms with Gasteiger partial charge in [-0.25, -0.2) is 0 Å². The summed E-state index contributed by atoms with van der Waals surface area (Å²) in [4.78, 5) is 4.93. The van der Waals surface area contributed by atoms with Crippen LogP contribution in [0.15, 0.2) is 206 Å². The molecule has 8 aromatic carbocycles. The number of rotatable bonds is 6. The van der Waals surface area contributed by atoms with Crippen LogP contribution in [0.4, 0.5) is 22.7 Å². The Kier molecular flexibility index (Phi) is 8.33. The minimum absolute atomic E-state index is 0.211. The zero-order valence-electron chi connectivity index (χ0n) is 35.9. The van der Waals surface area contributed by atoms with Crippen molar-refractivity contribution in [1.82, 2.24) is 0 Å². The number of fused-ring (bicyclic) bond motifs is 13. The zero-order chi connectivity index (χ0) is 42.5. The highest BCUT2D eigenvalue weighted by Crippen LogP contribution is 2.63. The summed E-state index contributed by atoms with van der Waals surface area (Å²) >= 11 is 0. The number of para-hydroxylation sites is 2. The molecular formula is C61H48N2. The first-order valence-electron chi connectivity index (χ1n) is 22.4. The summed E-state index contributed by atoms with van der Waals surface area (Å²) in [7, 11) is 0. The average Bonchev–Trinajstić information content (AvgIpc) is 3.79. The van der Waals surface area contributed by atoms with Gasteiger partial charge in [0.25, 0.3) is 0 Å². The molecule has 2 heteroatoms. The molecule has 1 spiro atoms. The fourth-order valence-electron chi connectivity index (χ4n) is 11.8. The summed E-state index contributed by atoms with van der Waals surface area (Å²) in [6, 6.07) is 63.7. The van der Waals surface area contributed by atoms with Crippen molar-refractivity contribution in [2.75, 3.05) is 16.3 Å². The monoisotopic (exact) mass is 808 g/mol. The van der Waals surface area contributed by atoms with E-state index >= 15 is 0 Å². The van der Waals surface area contributed by atoms with Gasteiger partial charge in [-0.15, -0.1) is 0 Å². The summed E-state index contributed by atoms with van der Waals surface area (Å²) < 4.78 is 0. The highest BCUT2D eigenvalue weighted by molar-refractivity contribution is 6.03. The average molecular weight is 809 g/mol. The van der Waals surface area contributed by atoms with E-state index in [0.29, 0.717) is 0 Å². The van der Waals surface area contributed by atoms with Gasteiger partial charge < -0.3 is 9.80 Å². The molecule has 0 saturated carbocycles. The predicted octanol–water partition coefficient (Wildman–Crippen LogP) is 15.5. The maximum absolute atomic E-state index is 4.32. The first-order chi connectivity index (χ1) is 30.9. The molecule has 0 saturated heterocycles. The summed E-state index contributed by atoms with van der Waals surface area (Å²) in [6.07, 6.45) is 10.9. The van der Waals surface area contributed by atoms with Gasteiger partial charge in [0.1, 0.15) is 0 Å². The smallest absolute Gasteiger partial charge is 0.0726 e. The van der Waals surface area contributed by atoms with Gasteiger partial charge in [0.2, 0.25) is 0 Å². The highest BCUT2D eigenvalue weighted by Gasteiger charge is 2.52. The van der Waals surface area contributed by atoms with E-state index in [2.05, 4.69) is 219 Å². The van der Waals surface area contributed by atoms with Crippen LogP contribution in [0.1, 0.15) is 64.8 Å². The molecular weight excluding hydrogens is 761 g/mol. The zero-order valence-corrected chi connectivity index (χ0v) is 35.9. The van der Waals surface area contributed by atoms with E-state index in [1.54, 1.807) is 0 Å². The van der Waals surface area contributed by atoms with E-state index in [-0.39, 0.29) is 5.41 Å². The second kappa shape index (κ2) is 14.1. The Labute approximate surface area is 371 Å². The van der Waals surface area contributed by atoms with E-state index in [0.717, 1.165) is 30.8 Å². The van der Waals surface area contributed by atoms with Crippen molar-refractivity contribution >= 4 is 45.7 Å². The van der Waals surface area contributed by atoms with E-state index in [1.807, 2.05) is 12.2 Å². The standard InChI is InChI=1S/C61H48N2/c1-5-50-56(6-2)63(59-29-14-12-27-53(59)60(50,3)4)58-30-16-23-44-41(19-15-24-49(44)58)33-31-40-32-35-47-48-36-34-43(62-37-17-20-42-18-7-13-28-57(42)62)39-55(48)61(54(47)38-40)51-25-10-8-21-45(51)46-22-9-11-26-52(46)61/h5-16,18-19,21-36,38-39H,1-2,17,20,37H2,3-4H3/b33-31+. The Balaban J connectivity index is 1.00. The predicted molar refractivity (Wildman–Crippen MR) is 266 cm³/mol. The molecule has 0 atom stereocenters. The van der Waals surface area contributed by atoms with Gasteiger partial charge >= 0.3 is 0 Å². The van der Waals surface area contributed by atoms with Crippen molar-refractivity contribution in [2.24, 2.45) is 0 Å². The normalized spacial score (nSPS) is 16.1. The molecule has 12 rings (SSSR count). The van der Waals surface area contributed by atoms with Crippen LogP contribution in [0.5, 0.6) is 0 Å². The number of nitrogens with zero attached hydrogens (tertiary/aromatic N) is 2. The Bertz CT molecular complexity index is 3260. The van der Waals surface area contributed by atoms with Crippen molar-refractivity contribution in [3.8, 4) is 22.3 Å². The second-order valence-corrected chi connectivity index (χ2v) is 18.0. The first kappa shape index (κ1) is 37.4. The van der Waals surface area contributed by atoms with Gasteiger partial charge in [-0.1, -0.05) is 179 Å². The number of benzene rings is 8. The Morgan fingerprint density at radius 2 is 1.13 bits per heavy atom. The summed E-state index contributed by atoms with van der Waals surface area (Å²) in [5, 5.41) is 2.39. The first-order valence-corrected chi connectivity index (χ1v) is 22.4. The lowest BCUT2D eigenvalue weighted by Gasteiger charge is -2.42. The van der Waals surface area contributed by atoms with Crippen LogP contribution in [-0.4, -0.2) is 6.54 Å². The number of anilines is 4. The molecule has 0 radical (unpaired) electrons. The van der Waals surface area contributed by atoms with Crippen LogP contribution in [0, 0.1) is 0 Å². The van der Waals surface area contributed by atoms with Crippen LogP contribution in [0.3, 0.4) is 0 Å². The van der Waals surface area contributed by atoms with Crippen LogP contribution < -0.4 is 9.80 Å². The topological polar surface area (TPSA) is 6.48 Å². The summed E-state index contributed by atoms with van der Waals surface area (Å²) in [6.45, 7) is 14.2. The van der Waals surface area contributed by atoms with Gasteiger partial charge in [0.05, 0.1) is 16.8 Å². The van der Waals surface area contributed by atoms with Crippen LogP contribution in [-0.2, 0) is 17.3 Å². The maximum Gasteiger partial charge on any atom is 0.0726 e. The van der Waals surface area contributed by atoms with Gasteiger partial charge in [-0.05, 0) is 133 Å². The van der Waals surface area contributed by atoms with Gasteiger partial charge in [-0.3, -0.25) is 0 Å². The van der Waals surface area contributed by atoms with Crippen molar-refractivity contribution in [3.05, 3.63) is 251 Å². The minimum atomic E-state index is -0.443. The molecule has 8 aromatic rings. The molecule has 2 heterocycles. The fourth-order valence-corrected chi connectivity index (χ4v) is 11.8. The quantitative estimate of drug-likeness (QED) is 0.154. The third kappa shape index (κ3) is 5.25. The number of hydrogen-bond acceptors (Lipinski definition) is 2. The van der Waals surface area contributed by atoms with Crippen molar-refractivity contribution < 1.29 is 0 Å². The molecule has 0 unspecified atom stereocenters. The lowest BCUT2D eigenvalue weighted by molar-refractivity contribution is 0.622. The largest absolute Gasteiger partial charge is 0.341 e. The molecule has 4 aliphatic rings. The van der Waals surface area contributed by atoms with Gasteiger partial charge in [-0.2, -0.15) is 0 Å².